The van der Waals surface area contributed by atoms with E-state index in [9.17, 15) is 18.5 Å². The molecule has 1 aromatic heterocycles. The lowest BCUT2D eigenvalue weighted by Crippen LogP contribution is -2.47. The van der Waals surface area contributed by atoms with Gasteiger partial charge in [0.05, 0.1) is 10.4 Å². The predicted molar refractivity (Wildman–Crippen MR) is 129 cm³/mol. The SMILES string of the molecule is CCN1CCCC(NS(=O)(=O)c2ccc(Nc3ccnc4cc(Cl)ccc34)cc2[N+](=O)[O-])C1. The first kappa shape index (κ1) is 23.4. The Morgan fingerprint density at radius 2 is 2.06 bits per heavy atom. The Labute approximate surface area is 197 Å². The standard InChI is InChI=1S/C22H24ClN5O4S/c1-2-27-11-3-4-17(14-27)26-33(31,32)22-8-6-16(13-21(22)28(29)30)25-19-9-10-24-20-12-15(23)5-7-18(19)20/h5-10,12-13,17,26H,2-4,11,14H2,1H3,(H,24,25). The third kappa shape index (κ3) is 5.25. The number of anilines is 2. The maximum atomic E-state index is 13.0. The molecular weight excluding hydrogens is 466 g/mol. The number of benzene rings is 2. The molecule has 174 valence electrons. The molecule has 33 heavy (non-hydrogen) atoms. The van der Waals surface area contributed by atoms with E-state index >= 15 is 0 Å². The summed E-state index contributed by atoms with van der Waals surface area (Å²) in [5, 5.41) is 16.2. The predicted octanol–water partition coefficient (Wildman–Crippen LogP) is 4.30. The van der Waals surface area contributed by atoms with Gasteiger partial charge in [0.25, 0.3) is 5.69 Å². The molecule has 1 aliphatic heterocycles. The fourth-order valence-electron chi connectivity index (χ4n) is 4.07. The first-order valence-corrected chi connectivity index (χ1v) is 12.5. The number of likely N-dealkylation sites (tertiary alicyclic amines) is 1. The van der Waals surface area contributed by atoms with Crippen molar-refractivity contribution in [1.82, 2.24) is 14.6 Å². The molecule has 0 saturated carbocycles. The van der Waals surface area contributed by atoms with Crippen LogP contribution in [0.1, 0.15) is 19.8 Å². The Balaban J connectivity index is 1.63. The number of nitro groups is 1. The second-order valence-corrected chi connectivity index (χ2v) is 10.1. The zero-order valence-electron chi connectivity index (χ0n) is 18.0. The van der Waals surface area contributed by atoms with Crippen molar-refractivity contribution in [2.24, 2.45) is 0 Å². The fourth-order valence-corrected chi connectivity index (χ4v) is 5.65. The smallest absolute Gasteiger partial charge is 0.291 e. The Morgan fingerprint density at radius 3 is 2.82 bits per heavy atom. The van der Waals surface area contributed by atoms with E-state index in [2.05, 4.69) is 19.9 Å². The highest BCUT2D eigenvalue weighted by Gasteiger charge is 2.30. The largest absolute Gasteiger partial charge is 0.355 e. The first-order chi connectivity index (χ1) is 15.8. The zero-order chi connectivity index (χ0) is 23.6. The van der Waals surface area contributed by atoms with Crippen molar-refractivity contribution < 1.29 is 13.3 Å². The number of rotatable bonds is 7. The van der Waals surface area contributed by atoms with Crippen molar-refractivity contribution in [2.75, 3.05) is 25.0 Å². The van der Waals surface area contributed by atoms with Gasteiger partial charge in [-0.3, -0.25) is 15.1 Å². The summed E-state index contributed by atoms with van der Waals surface area (Å²) < 4.78 is 28.7. The second kappa shape index (κ2) is 9.60. The van der Waals surface area contributed by atoms with E-state index in [1.807, 2.05) is 6.92 Å². The molecule has 1 atom stereocenters. The molecule has 0 spiro atoms. The summed E-state index contributed by atoms with van der Waals surface area (Å²) in [5.41, 5.74) is 1.23. The van der Waals surface area contributed by atoms with Gasteiger partial charge in [-0.25, -0.2) is 13.1 Å². The van der Waals surface area contributed by atoms with Crippen molar-refractivity contribution in [3.05, 3.63) is 63.8 Å². The van der Waals surface area contributed by atoms with Gasteiger partial charge in [0.2, 0.25) is 10.0 Å². The topological polar surface area (TPSA) is 117 Å². The molecule has 2 heterocycles. The molecule has 11 heteroatoms. The van der Waals surface area contributed by atoms with Gasteiger partial charge in [0.1, 0.15) is 0 Å². The Hall–Kier alpha value is -2.79. The minimum Gasteiger partial charge on any atom is -0.355 e. The molecular formula is C22H24ClN5O4S. The molecule has 1 aliphatic rings. The Morgan fingerprint density at radius 1 is 1.24 bits per heavy atom. The molecule has 3 aromatic rings. The number of likely N-dealkylation sites (N-methyl/N-ethyl adjacent to an activating group) is 1. The molecule has 0 bridgehead atoms. The lowest BCUT2D eigenvalue weighted by atomic mass is 10.1. The van der Waals surface area contributed by atoms with Gasteiger partial charge in [-0.15, -0.1) is 0 Å². The number of hydrogen-bond donors (Lipinski definition) is 2. The number of halogens is 1. The molecule has 0 amide bonds. The van der Waals surface area contributed by atoms with Crippen LogP contribution >= 0.6 is 11.6 Å². The Bertz CT molecular complexity index is 1300. The van der Waals surface area contributed by atoms with Crippen LogP contribution in [-0.2, 0) is 10.0 Å². The highest BCUT2D eigenvalue weighted by atomic mass is 35.5. The number of piperidine rings is 1. The van der Waals surface area contributed by atoms with Gasteiger partial charge >= 0.3 is 0 Å². The van der Waals surface area contributed by atoms with Gasteiger partial charge in [0, 0.05) is 46.6 Å². The van der Waals surface area contributed by atoms with Crippen LogP contribution in [0, 0.1) is 10.1 Å². The van der Waals surface area contributed by atoms with Crippen LogP contribution in [0.5, 0.6) is 0 Å². The third-order valence-electron chi connectivity index (χ3n) is 5.70. The molecule has 1 unspecified atom stereocenters. The maximum absolute atomic E-state index is 13.0. The van der Waals surface area contributed by atoms with Crippen molar-refractivity contribution in [3.8, 4) is 0 Å². The normalized spacial score (nSPS) is 17.2. The molecule has 0 aliphatic carbocycles. The highest BCUT2D eigenvalue weighted by Crippen LogP contribution is 2.32. The van der Waals surface area contributed by atoms with Crippen LogP contribution in [0.2, 0.25) is 5.02 Å². The fraction of sp³-hybridized carbons (Fsp3) is 0.318. The van der Waals surface area contributed by atoms with Crippen LogP contribution < -0.4 is 10.0 Å². The number of hydrogen-bond acceptors (Lipinski definition) is 7. The van der Waals surface area contributed by atoms with Crippen molar-refractivity contribution in [3.63, 3.8) is 0 Å². The lowest BCUT2D eigenvalue weighted by molar-refractivity contribution is -0.387. The maximum Gasteiger partial charge on any atom is 0.291 e. The van der Waals surface area contributed by atoms with Crippen LogP contribution in [0.3, 0.4) is 0 Å². The zero-order valence-corrected chi connectivity index (χ0v) is 19.6. The van der Waals surface area contributed by atoms with Crippen LogP contribution in [0.4, 0.5) is 17.1 Å². The van der Waals surface area contributed by atoms with Crippen molar-refractivity contribution in [2.45, 2.75) is 30.7 Å². The van der Waals surface area contributed by atoms with Gasteiger partial charge in [0.15, 0.2) is 4.90 Å². The number of sulfonamides is 1. The minimum absolute atomic E-state index is 0.281. The summed E-state index contributed by atoms with van der Waals surface area (Å²) in [6, 6.07) is 10.7. The first-order valence-electron chi connectivity index (χ1n) is 10.6. The average Bonchev–Trinajstić information content (AvgIpc) is 2.78. The summed E-state index contributed by atoms with van der Waals surface area (Å²) in [7, 11) is -4.07. The second-order valence-electron chi connectivity index (χ2n) is 7.94. The minimum atomic E-state index is -4.07. The summed E-state index contributed by atoms with van der Waals surface area (Å²) in [6.45, 7) is 4.36. The van der Waals surface area contributed by atoms with Crippen LogP contribution in [0.25, 0.3) is 10.9 Å². The van der Waals surface area contributed by atoms with Gasteiger partial charge in [-0.05, 0) is 62.3 Å². The number of nitrogens with one attached hydrogen (secondary N) is 2. The lowest BCUT2D eigenvalue weighted by Gasteiger charge is -2.32. The number of nitro benzene ring substituents is 1. The molecule has 9 nitrogen and oxygen atoms in total. The van der Waals surface area contributed by atoms with E-state index in [0.29, 0.717) is 34.9 Å². The Kier molecular flexibility index (Phi) is 6.80. The number of aromatic nitrogens is 1. The molecule has 0 radical (unpaired) electrons. The molecule has 4 rings (SSSR count). The number of pyridine rings is 1. The summed E-state index contributed by atoms with van der Waals surface area (Å²) in [4.78, 5) is 17.2. The van der Waals surface area contributed by atoms with Crippen LogP contribution in [0.15, 0.2) is 53.6 Å². The summed E-state index contributed by atoms with van der Waals surface area (Å²) >= 11 is 6.03. The van der Waals surface area contributed by atoms with E-state index in [1.54, 1.807) is 30.5 Å². The van der Waals surface area contributed by atoms with E-state index < -0.39 is 20.6 Å². The average molecular weight is 490 g/mol. The molecule has 1 fully saturated rings. The quantitative estimate of drug-likeness (QED) is 0.375. The third-order valence-corrected chi connectivity index (χ3v) is 7.51. The molecule has 2 aromatic carbocycles. The van der Waals surface area contributed by atoms with Gasteiger partial charge < -0.3 is 10.2 Å². The monoisotopic (exact) mass is 489 g/mol. The van der Waals surface area contributed by atoms with E-state index in [4.69, 9.17) is 11.6 Å². The highest BCUT2D eigenvalue weighted by molar-refractivity contribution is 7.89. The van der Waals surface area contributed by atoms with Crippen molar-refractivity contribution >= 4 is 49.6 Å². The van der Waals surface area contributed by atoms with E-state index in [0.717, 1.165) is 24.9 Å². The van der Waals surface area contributed by atoms with E-state index in [1.165, 1.54) is 18.2 Å². The van der Waals surface area contributed by atoms with Crippen LogP contribution in [-0.4, -0.2) is 48.9 Å². The number of nitrogens with zero attached hydrogens (tertiary/aromatic N) is 3. The molecule has 2 N–H and O–H groups in total. The van der Waals surface area contributed by atoms with Gasteiger partial charge in [-0.1, -0.05) is 18.5 Å². The number of fused-ring (bicyclic) bond motifs is 1. The molecule has 1 saturated heterocycles. The van der Waals surface area contributed by atoms with E-state index in [-0.39, 0.29) is 10.9 Å². The van der Waals surface area contributed by atoms with Gasteiger partial charge in [-0.2, -0.15) is 0 Å². The summed E-state index contributed by atoms with van der Waals surface area (Å²) in [5.74, 6) is 0. The van der Waals surface area contributed by atoms with Crippen molar-refractivity contribution in [1.29, 1.82) is 0 Å². The summed E-state index contributed by atoms with van der Waals surface area (Å²) in [6.07, 6.45) is 3.17.